The molecule has 0 fully saturated rings. The zero-order valence-corrected chi connectivity index (χ0v) is 13.3. The molecule has 112 valence electrons. The van der Waals surface area contributed by atoms with Gasteiger partial charge in [0.05, 0.1) is 0 Å². The van der Waals surface area contributed by atoms with E-state index in [1.165, 1.54) is 11.1 Å². The van der Waals surface area contributed by atoms with E-state index in [4.69, 9.17) is 17.3 Å². The number of aromatic nitrogens is 1. The molecule has 0 spiro atoms. The van der Waals surface area contributed by atoms with Crippen LogP contribution in [0.5, 0.6) is 0 Å². The largest absolute Gasteiger partial charge is 0.370 e. The van der Waals surface area contributed by atoms with Crippen LogP contribution in [0.25, 0.3) is 0 Å². The van der Waals surface area contributed by atoms with Gasteiger partial charge in [0, 0.05) is 42.7 Å². The number of nitrogens with zero attached hydrogens (tertiary/aromatic N) is 2. The van der Waals surface area contributed by atoms with Gasteiger partial charge in [-0.2, -0.15) is 0 Å². The lowest BCUT2D eigenvalue weighted by Crippen LogP contribution is -2.24. The van der Waals surface area contributed by atoms with E-state index in [0.717, 1.165) is 30.1 Å². The average molecular weight is 304 g/mol. The third-order valence-corrected chi connectivity index (χ3v) is 3.84. The van der Waals surface area contributed by atoms with E-state index >= 15 is 0 Å². The fourth-order valence-electron chi connectivity index (χ4n) is 2.34. The molecule has 1 aromatic carbocycles. The van der Waals surface area contributed by atoms with Gasteiger partial charge in [-0.25, -0.2) is 0 Å². The molecule has 2 rings (SSSR count). The summed E-state index contributed by atoms with van der Waals surface area (Å²) in [6.07, 6.45) is 5.50. The van der Waals surface area contributed by atoms with Crippen LogP contribution in [0.4, 0.5) is 5.69 Å². The molecule has 0 saturated carbocycles. The molecule has 0 aliphatic carbocycles. The van der Waals surface area contributed by atoms with Crippen molar-refractivity contribution in [2.75, 3.05) is 11.9 Å². The second-order valence-electron chi connectivity index (χ2n) is 5.36. The molecule has 0 aliphatic heterocycles. The highest BCUT2D eigenvalue weighted by Crippen LogP contribution is 2.26. The third kappa shape index (κ3) is 4.45. The second kappa shape index (κ2) is 7.43. The maximum Gasteiger partial charge on any atom is 0.0441 e. The third-order valence-electron chi connectivity index (χ3n) is 3.61. The first-order valence-electron chi connectivity index (χ1n) is 7.24. The quantitative estimate of drug-likeness (QED) is 0.885. The van der Waals surface area contributed by atoms with Gasteiger partial charge in [0.1, 0.15) is 0 Å². The van der Waals surface area contributed by atoms with Gasteiger partial charge in [0.15, 0.2) is 0 Å². The smallest absolute Gasteiger partial charge is 0.0441 e. The highest BCUT2D eigenvalue weighted by molar-refractivity contribution is 6.30. The monoisotopic (exact) mass is 303 g/mol. The first kappa shape index (κ1) is 15.8. The van der Waals surface area contributed by atoms with Gasteiger partial charge in [0.25, 0.3) is 0 Å². The van der Waals surface area contributed by atoms with E-state index in [9.17, 15) is 0 Å². The van der Waals surface area contributed by atoms with Crippen LogP contribution in [0.3, 0.4) is 0 Å². The highest BCUT2D eigenvalue weighted by Gasteiger charge is 2.11. The molecular formula is C17H22ClN3. The van der Waals surface area contributed by atoms with E-state index in [1.54, 1.807) is 6.20 Å². The normalized spacial score (nSPS) is 12.2. The standard InChI is InChI=1S/C17H22ClN3/c1-3-16(19)9-14-6-7-15(18)10-17(14)21(2)12-13-5-4-8-20-11-13/h4-8,10-11,16H,3,9,12,19H2,1-2H3. The molecule has 0 aliphatic rings. The molecule has 0 bridgehead atoms. The molecule has 1 unspecified atom stereocenters. The van der Waals surface area contributed by atoms with E-state index in [2.05, 4.69) is 36.0 Å². The average Bonchev–Trinajstić information content (AvgIpc) is 2.49. The van der Waals surface area contributed by atoms with Crippen molar-refractivity contribution >= 4 is 17.3 Å². The fourth-order valence-corrected chi connectivity index (χ4v) is 2.51. The van der Waals surface area contributed by atoms with Gasteiger partial charge in [-0.1, -0.05) is 30.7 Å². The van der Waals surface area contributed by atoms with Crippen LogP contribution in [0.2, 0.25) is 5.02 Å². The molecule has 0 radical (unpaired) electrons. The highest BCUT2D eigenvalue weighted by atomic mass is 35.5. The predicted octanol–water partition coefficient (Wildman–Crippen LogP) is 3.65. The van der Waals surface area contributed by atoms with Crippen molar-refractivity contribution in [2.24, 2.45) is 5.73 Å². The number of rotatable bonds is 6. The molecule has 2 N–H and O–H groups in total. The summed E-state index contributed by atoms with van der Waals surface area (Å²) >= 11 is 6.16. The number of hydrogen-bond donors (Lipinski definition) is 1. The summed E-state index contributed by atoms with van der Waals surface area (Å²) in [5.41, 5.74) is 9.65. The Morgan fingerprint density at radius 3 is 2.81 bits per heavy atom. The van der Waals surface area contributed by atoms with Crippen LogP contribution in [-0.4, -0.2) is 18.1 Å². The van der Waals surface area contributed by atoms with E-state index < -0.39 is 0 Å². The zero-order chi connectivity index (χ0) is 15.2. The minimum absolute atomic E-state index is 0.178. The van der Waals surface area contributed by atoms with E-state index in [0.29, 0.717) is 0 Å². The molecule has 0 amide bonds. The first-order chi connectivity index (χ1) is 10.1. The predicted molar refractivity (Wildman–Crippen MR) is 89.8 cm³/mol. The van der Waals surface area contributed by atoms with E-state index in [1.807, 2.05) is 24.4 Å². The van der Waals surface area contributed by atoms with Crippen LogP contribution in [0.1, 0.15) is 24.5 Å². The number of benzene rings is 1. The first-order valence-corrected chi connectivity index (χ1v) is 7.62. The molecule has 2 aromatic rings. The minimum Gasteiger partial charge on any atom is -0.370 e. The van der Waals surface area contributed by atoms with Crippen molar-refractivity contribution in [1.29, 1.82) is 0 Å². The number of anilines is 1. The number of nitrogens with two attached hydrogens (primary N) is 1. The van der Waals surface area contributed by atoms with Crippen molar-refractivity contribution < 1.29 is 0 Å². The number of halogens is 1. The summed E-state index contributed by atoms with van der Waals surface area (Å²) in [5.74, 6) is 0. The molecule has 3 nitrogen and oxygen atoms in total. The van der Waals surface area contributed by atoms with Crippen LogP contribution in [0, 0.1) is 0 Å². The van der Waals surface area contributed by atoms with Crippen molar-refractivity contribution in [3.05, 3.63) is 58.9 Å². The lowest BCUT2D eigenvalue weighted by Gasteiger charge is -2.24. The Bertz CT molecular complexity index is 572. The molecule has 1 aromatic heterocycles. The van der Waals surface area contributed by atoms with Crippen LogP contribution in [0.15, 0.2) is 42.7 Å². The summed E-state index contributed by atoms with van der Waals surface area (Å²) in [7, 11) is 2.07. The molecule has 1 heterocycles. The van der Waals surface area contributed by atoms with Crippen LogP contribution < -0.4 is 10.6 Å². The lowest BCUT2D eigenvalue weighted by molar-refractivity contribution is 0.645. The zero-order valence-electron chi connectivity index (χ0n) is 12.6. The van der Waals surface area contributed by atoms with E-state index in [-0.39, 0.29) is 6.04 Å². The van der Waals surface area contributed by atoms with Gasteiger partial charge in [0.2, 0.25) is 0 Å². The fraction of sp³-hybridized carbons (Fsp3) is 0.353. The molecule has 4 heteroatoms. The van der Waals surface area contributed by atoms with Gasteiger partial charge in [-0.05, 0) is 42.2 Å². The molecular weight excluding hydrogens is 282 g/mol. The number of hydrogen-bond acceptors (Lipinski definition) is 3. The molecule has 0 saturated heterocycles. The van der Waals surface area contributed by atoms with Gasteiger partial charge in [-0.3, -0.25) is 4.98 Å². The molecule has 1 atom stereocenters. The Balaban J connectivity index is 2.22. The summed E-state index contributed by atoms with van der Waals surface area (Å²) in [6, 6.07) is 10.2. The van der Waals surface area contributed by atoms with Gasteiger partial charge < -0.3 is 10.6 Å². The van der Waals surface area contributed by atoms with Crippen molar-refractivity contribution in [3.63, 3.8) is 0 Å². The van der Waals surface area contributed by atoms with Crippen LogP contribution >= 0.6 is 11.6 Å². The summed E-state index contributed by atoms with van der Waals surface area (Å²) in [4.78, 5) is 6.36. The van der Waals surface area contributed by atoms with Crippen molar-refractivity contribution in [1.82, 2.24) is 4.98 Å². The Morgan fingerprint density at radius 1 is 1.33 bits per heavy atom. The topological polar surface area (TPSA) is 42.1 Å². The lowest BCUT2D eigenvalue weighted by atomic mass is 10.0. The Kier molecular flexibility index (Phi) is 5.59. The summed E-state index contributed by atoms with van der Waals surface area (Å²) in [6.45, 7) is 2.90. The number of pyridine rings is 1. The van der Waals surface area contributed by atoms with Crippen LogP contribution in [-0.2, 0) is 13.0 Å². The van der Waals surface area contributed by atoms with Crippen molar-refractivity contribution in [2.45, 2.75) is 32.4 Å². The second-order valence-corrected chi connectivity index (χ2v) is 5.80. The Hall–Kier alpha value is -1.58. The Morgan fingerprint density at radius 2 is 2.14 bits per heavy atom. The minimum atomic E-state index is 0.178. The maximum absolute atomic E-state index is 6.16. The van der Waals surface area contributed by atoms with Gasteiger partial charge in [-0.15, -0.1) is 0 Å². The molecule has 21 heavy (non-hydrogen) atoms. The maximum atomic E-state index is 6.16. The summed E-state index contributed by atoms with van der Waals surface area (Å²) < 4.78 is 0. The SMILES string of the molecule is CCC(N)Cc1ccc(Cl)cc1N(C)Cc1cccnc1. The Labute approximate surface area is 131 Å². The summed E-state index contributed by atoms with van der Waals surface area (Å²) in [5, 5.41) is 0.747. The van der Waals surface area contributed by atoms with Gasteiger partial charge >= 0.3 is 0 Å². The van der Waals surface area contributed by atoms with Crippen molar-refractivity contribution in [3.8, 4) is 0 Å².